The molecule has 37 heavy (non-hydrogen) atoms. The fourth-order valence-electron chi connectivity index (χ4n) is 5.66. The summed E-state index contributed by atoms with van der Waals surface area (Å²) in [7, 11) is -3.70. The molecule has 2 saturated heterocycles. The maximum Gasteiger partial charge on any atom is 0.298 e. The molecule has 196 valence electrons. The molecule has 1 N–H and O–H groups in total. The first-order valence-corrected chi connectivity index (χ1v) is 13.9. The Kier molecular flexibility index (Phi) is 6.91. The smallest absolute Gasteiger partial charge is 0.298 e. The maximum atomic E-state index is 15.6. The van der Waals surface area contributed by atoms with Gasteiger partial charge >= 0.3 is 0 Å². The molecule has 8 nitrogen and oxygen atoms in total. The Hall–Kier alpha value is -3.08. The van der Waals surface area contributed by atoms with Crippen molar-refractivity contribution in [2.75, 3.05) is 13.2 Å². The number of aliphatic hydroxyl groups excluding tert-OH is 1. The summed E-state index contributed by atoms with van der Waals surface area (Å²) in [4.78, 5) is 17.6. The number of halogens is 1. The summed E-state index contributed by atoms with van der Waals surface area (Å²) >= 11 is 0. The number of hydrogen-bond acceptors (Lipinski definition) is 6. The van der Waals surface area contributed by atoms with Crippen LogP contribution in [0.5, 0.6) is 0 Å². The van der Waals surface area contributed by atoms with Crippen molar-refractivity contribution in [3.8, 4) is 0 Å². The largest absolute Gasteiger partial charge is 0.513 e. The predicted octanol–water partition coefficient (Wildman–Crippen LogP) is 4.16. The van der Waals surface area contributed by atoms with Gasteiger partial charge < -0.3 is 14.7 Å². The Bertz CT molecular complexity index is 1340. The molecule has 1 amide bonds. The van der Waals surface area contributed by atoms with E-state index in [4.69, 9.17) is 4.74 Å². The van der Waals surface area contributed by atoms with E-state index in [1.54, 1.807) is 17.0 Å². The summed E-state index contributed by atoms with van der Waals surface area (Å²) in [5.74, 6) is -1.09. The molecule has 2 aromatic carbocycles. The molecule has 0 bridgehead atoms. The van der Waals surface area contributed by atoms with Gasteiger partial charge in [-0.2, -0.15) is 9.30 Å². The average Bonchev–Trinajstić information content (AvgIpc) is 3.28. The fourth-order valence-corrected chi connectivity index (χ4v) is 7.85. The Morgan fingerprint density at radius 1 is 1.16 bits per heavy atom. The van der Waals surface area contributed by atoms with Crippen molar-refractivity contribution in [1.29, 1.82) is 0 Å². The van der Waals surface area contributed by atoms with E-state index >= 15 is 4.39 Å². The zero-order valence-electron chi connectivity index (χ0n) is 20.6. The molecule has 3 aliphatic rings. The highest BCUT2D eigenvalue weighted by Gasteiger charge is 2.45. The van der Waals surface area contributed by atoms with Crippen molar-refractivity contribution in [3.05, 3.63) is 83.0 Å². The van der Waals surface area contributed by atoms with Gasteiger partial charge in [0.2, 0.25) is 10.0 Å². The number of amides is 1. The second-order valence-corrected chi connectivity index (χ2v) is 11.9. The number of hydrogen-bond donors (Lipinski definition) is 1. The molecule has 2 aromatic rings. The Morgan fingerprint density at radius 2 is 1.89 bits per heavy atom. The molecule has 0 spiro atoms. The van der Waals surface area contributed by atoms with E-state index < -0.39 is 32.5 Å². The SMILES string of the molecule is C[C@H]1CC[C@H](c2ccccc2)S(=O)(=O)N1Cc1ccc(C2(N3C=NC(=O)/C3=C\O)CCOCC2)cc1F. The van der Waals surface area contributed by atoms with Gasteiger partial charge in [0.1, 0.15) is 29.4 Å². The first kappa shape index (κ1) is 25.6. The zero-order chi connectivity index (χ0) is 26.2. The highest BCUT2D eigenvalue weighted by Crippen LogP contribution is 2.42. The number of aliphatic imine (C=N–C) groups is 1. The Balaban J connectivity index is 1.46. The van der Waals surface area contributed by atoms with Gasteiger partial charge in [-0.05, 0) is 49.8 Å². The van der Waals surface area contributed by atoms with Crippen molar-refractivity contribution < 1.29 is 27.4 Å². The van der Waals surface area contributed by atoms with Crippen molar-refractivity contribution in [1.82, 2.24) is 9.21 Å². The van der Waals surface area contributed by atoms with Gasteiger partial charge in [-0.15, -0.1) is 0 Å². The first-order chi connectivity index (χ1) is 17.8. The molecule has 3 heterocycles. The zero-order valence-corrected chi connectivity index (χ0v) is 21.4. The number of carbonyl (C=O) groups excluding carboxylic acids is 1. The second kappa shape index (κ2) is 10.00. The molecule has 2 fully saturated rings. The highest BCUT2D eigenvalue weighted by atomic mass is 32.2. The van der Waals surface area contributed by atoms with Gasteiger partial charge in [0, 0.05) is 31.4 Å². The molecule has 3 aliphatic heterocycles. The normalized spacial score (nSPS) is 26.6. The predicted molar refractivity (Wildman–Crippen MR) is 137 cm³/mol. The van der Waals surface area contributed by atoms with E-state index in [1.807, 2.05) is 37.3 Å². The van der Waals surface area contributed by atoms with Crippen LogP contribution in [0.15, 0.2) is 65.5 Å². The topological polar surface area (TPSA) is 99.5 Å². The summed E-state index contributed by atoms with van der Waals surface area (Å²) in [6.07, 6.45) is 4.21. The van der Waals surface area contributed by atoms with Crippen molar-refractivity contribution in [3.63, 3.8) is 0 Å². The third-order valence-corrected chi connectivity index (χ3v) is 10.2. The van der Waals surface area contributed by atoms with Crippen LogP contribution in [0, 0.1) is 5.82 Å². The quantitative estimate of drug-likeness (QED) is 0.463. The standard InChI is InChI=1S/C27H30FN3O5S/c1-19-7-10-25(20-5-3-2-4-6-20)37(34,35)31(19)16-21-8-9-22(15-23(21)28)27(11-13-36-14-12-27)30-18-29-26(33)24(30)17-32/h2-6,8-9,15,17-19,25,32H,7,10-14,16H2,1H3/b24-17+/t19-,25+/m0/s1. The van der Waals surface area contributed by atoms with Gasteiger partial charge in [0.05, 0.1) is 5.54 Å². The van der Waals surface area contributed by atoms with E-state index in [1.165, 1.54) is 16.7 Å². The number of ether oxygens (including phenoxy) is 1. The lowest BCUT2D eigenvalue weighted by Crippen LogP contribution is -2.48. The van der Waals surface area contributed by atoms with E-state index in [0.29, 0.717) is 44.5 Å². The average molecular weight is 528 g/mol. The number of nitrogens with zero attached hydrogens (tertiary/aromatic N) is 3. The van der Waals surface area contributed by atoms with Crippen LogP contribution in [-0.2, 0) is 31.6 Å². The van der Waals surface area contributed by atoms with Crippen LogP contribution in [0.3, 0.4) is 0 Å². The molecule has 5 rings (SSSR count). The Labute approximate surface area is 216 Å². The number of carbonyl (C=O) groups is 1. The fraction of sp³-hybridized carbons (Fsp3) is 0.407. The molecule has 10 heteroatoms. The van der Waals surface area contributed by atoms with Crippen LogP contribution in [0.25, 0.3) is 0 Å². The lowest BCUT2D eigenvalue weighted by Gasteiger charge is -2.44. The third-order valence-electron chi connectivity index (χ3n) is 7.79. The Morgan fingerprint density at radius 3 is 2.57 bits per heavy atom. The molecule has 0 saturated carbocycles. The summed E-state index contributed by atoms with van der Waals surface area (Å²) in [6.45, 7) is 2.57. The number of rotatable bonds is 5. The molecular weight excluding hydrogens is 497 g/mol. The number of benzene rings is 2. The van der Waals surface area contributed by atoms with E-state index in [9.17, 15) is 18.3 Å². The summed E-state index contributed by atoms with van der Waals surface area (Å²) < 4.78 is 49.8. The van der Waals surface area contributed by atoms with E-state index in [2.05, 4.69) is 4.99 Å². The summed E-state index contributed by atoms with van der Waals surface area (Å²) in [6, 6.07) is 13.7. The molecule has 0 unspecified atom stereocenters. The number of sulfonamides is 1. The summed E-state index contributed by atoms with van der Waals surface area (Å²) in [5.41, 5.74) is 0.816. The van der Waals surface area contributed by atoms with Crippen LogP contribution >= 0.6 is 0 Å². The van der Waals surface area contributed by atoms with E-state index in [0.717, 1.165) is 11.8 Å². The van der Waals surface area contributed by atoms with Crippen LogP contribution < -0.4 is 0 Å². The number of aliphatic hydroxyl groups is 1. The lowest BCUT2D eigenvalue weighted by atomic mass is 9.80. The van der Waals surface area contributed by atoms with Crippen LogP contribution in [0.1, 0.15) is 54.5 Å². The third kappa shape index (κ3) is 4.47. The monoisotopic (exact) mass is 527 g/mol. The maximum absolute atomic E-state index is 15.6. The molecule has 0 aliphatic carbocycles. The minimum absolute atomic E-state index is 0.0200. The highest BCUT2D eigenvalue weighted by molar-refractivity contribution is 7.89. The molecule has 0 aromatic heterocycles. The van der Waals surface area contributed by atoms with Gasteiger partial charge in [0.25, 0.3) is 5.91 Å². The van der Waals surface area contributed by atoms with Crippen LogP contribution in [-0.4, -0.2) is 54.2 Å². The van der Waals surface area contributed by atoms with Gasteiger partial charge in [-0.25, -0.2) is 12.8 Å². The lowest BCUT2D eigenvalue weighted by molar-refractivity contribution is -0.115. The van der Waals surface area contributed by atoms with E-state index in [-0.39, 0.29) is 23.8 Å². The van der Waals surface area contributed by atoms with Crippen LogP contribution in [0.2, 0.25) is 0 Å². The van der Waals surface area contributed by atoms with Gasteiger partial charge in [-0.1, -0.05) is 42.5 Å². The molecule has 2 atom stereocenters. The van der Waals surface area contributed by atoms with Gasteiger partial charge in [0.15, 0.2) is 0 Å². The van der Waals surface area contributed by atoms with Crippen LogP contribution in [0.4, 0.5) is 4.39 Å². The summed E-state index contributed by atoms with van der Waals surface area (Å²) in [5, 5.41) is 9.03. The minimum Gasteiger partial charge on any atom is -0.513 e. The molecular formula is C27H30FN3O5S. The van der Waals surface area contributed by atoms with Crippen molar-refractivity contribution >= 4 is 22.3 Å². The first-order valence-electron chi connectivity index (χ1n) is 12.4. The van der Waals surface area contributed by atoms with Crippen molar-refractivity contribution in [2.45, 2.75) is 56.0 Å². The second-order valence-electron chi connectivity index (χ2n) is 9.80. The van der Waals surface area contributed by atoms with Gasteiger partial charge in [-0.3, -0.25) is 4.79 Å². The molecule has 0 radical (unpaired) electrons. The minimum atomic E-state index is -3.70. The van der Waals surface area contributed by atoms with Crippen molar-refractivity contribution in [2.24, 2.45) is 4.99 Å².